The SMILES string of the molecule is C[C@H](O)C(=O)O.Cc1ccnc(C)c1[C@@H]1CCCN1C. The fraction of sp³-hybridized carbons (Fsp3) is 0.600. The Hall–Kier alpha value is -1.46. The van der Waals surface area contributed by atoms with Gasteiger partial charge in [0.05, 0.1) is 0 Å². The zero-order valence-electron chi connectivity index (χ0n) is 12.6. The van der Waals surface area contributed by atoms with E-state index in [4.69, 9.17) is 10.2 Å². The summed E-state index contributed by atoms with van der Waals surface area (Å²) >= 11 is 0. The maximum atomic E-state index is 9.45. The van der Waals surface area contributed by atoms with Crippen LogP contribution in [0.5, 0.6) is 0 Å². The van der Waals surface area contributed by atoms with E-state index in [0.717, 1.165) is 0 Å². The van der Waals surface area contributed by atoms with Crippen LogP contribution < -0.4 is 0 Å². The fourth-order valence-electron chi connectivity index (χ4n) is 2.48. The molecule has 0 amide bonds. The lowest BCUT2D eigenvalue weighted by atomic mass is 9.98. The van der Waals surface area contributed by atoms with E-state index in [0.29, 0.717) is 6.04 Å². The number of aryl methyl sites for hydroxylation is 2. The number of hydrogen-bond donors (Lipinski definition) is 2. The molecule has 0 bridgehead atoms. The van der Waals surface area contributed by atoms with Gasteiger partial charge in [-0.25, -0.2) is 4.79 Å². The van der Waals surface area contributed by atoms with Crippen LogP contribution in [0.25, 0.3) is 0 Å². The third kappa shape index (κ3) is 4.28. The second kappa shape index (κ2) is 7.36. The van der Waals surface area contributed by atoms with Crippen LogP contribution in [0, 0.1) is 13.8 Å². The molecule has 5 nitrogen and oxygen atoms in total. The van der Waals surface area contributed by atoms with E-state index in [2.05, 4.69) is 36.8 Å². The number of carboxylic acids is 1. The summed E-state index contributed by atoms with van der Waals surface area (Å²) in [5.74, 6) is -1.19. The smallest absolute Gasteiger partial charge is 0.332 e. The second-order valence-electron chi connectivity index (χ2n) is 5.28. The zero-order valence-corrected chi connectivity index (χ0v) is 12.6. The number of carboxylic acid groups (broad SMARTS) is 1. The molecule has 0 radical (unpaired) electrons. The molecule has 5 heteroatoms. The molecule has 1 aliphatic heterocycles. The summed E-state index contributed by atoms with van der Waals surface area (Å²) in [7, 11) is 2.21. The molecule has 1 aromatic rings. The molecule has 0 spiro atoms. The Morgan fingerprint density at radius 2 is 2.10 bits per heavy atom. The minimum Gasteiger partial charge on any atom is -0.479 e. The fourth-order valence-corrected chi connectivity index (χ4v) is 2.48. The van der Waals surface area contributed by atoms with Crippen LogP contribution in [0.4, 0.5) is 0 Å². The van der Waals surface area contributed by atoms with Gasteiger partial charge in [-0.3, -0.25) is 9.88 Å². The van der Waals surface area contributed by atoms with Gasteiger partial charge in [-0.15, -0.1) is 0 Å². The van der Waals surface area contributed by atoms with Crippen molar-refractivity contribution < 1.29 is 15.0 Å². The summed E-state index contributed by atoms with van der Waals surface area (Å²) in [6.07, 6.45) is 3.27. The van der Waals surface area contributed by atoms with Crippen molar-refractivity contribution in [3.8, 4) is 0 Å². The van der Waals surface area contributed by atoms with E-state index >= 15 is 0 Å². The topological polar surface area (TPSA) is 73.7 Å². The van der Waals surface area contributed by atoms with Gasteiger partial charge in [0, 0.05) is 17.9 Å². The summed E-state index contributed by atoms with van der Waals surface area (Å²) in [6, 6.07) is 2.72. The van der Waals surface area contributed by atoms with Gasteiger partial charge in [-0.1, -0.05) is 0 Å². The van der Waals surface area contributed by atoms with Gasteiger partial charge < -0.3 is 10.2 Å². The van der Waals surface area contributed by atoms with Crippen molar-refractivity contribution >= 4 is 5.97 Å². The first-order valence-corrected chi connectivity index (χ1v) is 6.87. The Morgan fingerprint density at radius 3 is 2.50 bits per heavy atom. The van der Waals surface area contributed by atoms with Crippen LogP contribution in [-0.2, 0) is 4.79 Å². The van der Waals surface area contributed by atoms with Gasteiger partial charge in [0.25, 0.3) is 0 Å². The minimum absolute atomic E-state index is 0.601. The molecule has 0 saturated carbocycles. The second-order valence-corrected chi connectivity index (χ2v) is 5.28. The van der Waals surface area contributed by atoms with Crippen molar-refractivity contribution in [1.29, 1.82) is 0 Å². The van der Waals surface area contributed by atoms with Crippen LogP contribution in [0.3, 0.4) is 0 Å². The maximum Gasteiger partial charge on any atom is 0.332 e. The van der Waals surface area contributed by atoms with Gasteiger partial charge in [-0.05, 0) is 64.4 Å². The van der Waals surface area contributed by atoms with Gasteiger partial charge in [0.2, 0.25) is 0 Å². The first-order chi connectivity index (χ1) is 9.34. The van der Waals surface area contributed by atoms with Crippen molar-refractivity contribution in [2.24, 2.45) is 0 Å². The van der Waals surface area contributed by atoms with Crippen LogP contribution in [-0.4, -0.2) is 45.8 Å². The predicted molar refractivity (Wildman–Crippen MR) is 77.6 cm³/mol. The third-order valence-corrected chi connectivity index (χ3v) is 3.62. The number of aliphatic carboxylic acids is 1. The molecule has 20 heavy (non-hydrogen) atoms. The molecule has 0 aliphatic carbocycles. The lowest BCUT2D eigenvalue weighted by Gasteiger charge is -2.22. The van der Waals surface area contributed by atoms with Crippen LogP contribution in [0.15, 0.2) is 12.3 Å². The normalized spacial score (nSPS) is 20.1. The quantitative estimate of drug-likeness (QED) is 0.865. The van der Waals surface area contributed by atoms with E-state index in [1.54, 1.807) is 0 Å². The number of carbonyl (C=O) groups is 1. The first-order valence-electron chi connectivity index (χ1n) is 6.87. The van der Waals surface area contributed by atoms with E-state index in [1.807, 2.05) is 6.20 Å². The van der Waals surface area contributed by atoms with Gasteiger partial charge >= 0.3 is 5.97 Å². The lowest BCUT2D eigenvalue weighted by Crippen LogP contribution is -2.19. The molecule has 2 rings (SSSR count). The van der Waals surface area contributed by atoms with Crippen molar-refractivity contribution in [1.82, 2.24) is 9.88 Å². The van der Waals surface area contributed by atoms with Gasteiger partial charge in [-0.2, -0.15) is 0 Å². The van der Waals surface area contributed by atoms with Crippen molar-refractivity contribution in [2.75, 3.05) is 13.6 Å². The van der Waals surface area contributed by atoms with E-state index in [-0.39, 0.29) is 0 Å². The highest BCUT2D eigenvalue weighted by Crippen LogP contribution is 2.33. The molecule has 0 unspecified atom stereocenters. The Morgan fingerprint density at radius 1 is 1.50 bits per heavy atom. The van der Waals surface area contributed by atoms with Crippen molar-refractivity contribution in [2.45, 2.75) is 45.8 Å². The summed E-state index contributed by atoms with van der Waals surface area (Å²) in [4.78, 5) is 16.3. The molecule has 0 aromatic carbocycles. The highest BCUT2D eigenvalue weighted by molar-refractivity contribution is 5.71. The first kappa shape index (κ1) is 16.6. The monoisotopic (exact) mass is 280 g/mol. The summed E-state index contributed by atoms with van der Waals surface area (Å²) in [5.41, 5.74) is 4.03. The molecule has 2 atom stereocenters. The number of aliphatic hydroxyl groups is 1. The molecule has 1 fully saturated rings. The number of aliphatic hydroxyl groups excluding tert-OH is 1. The number of likely N-dealkylation sites (tertiary alicyclic amines) is 1. The molecule has 1 aliphatic rings. The highest BCUT2D eigenvalue weighted by Gasteiger charge is 2.25. The largest absolute Gasteiger partial charge is 0.479 e. The minimum atomic E-state index is -1.23. The summed E-state index contributed by atoms with van der Waals surface area (Å²) in [6.45, 7) is 6.73. The number of hydrogen-bond acceptors (Lipinski definition) is 4. The van der Waals surface area contributed by atoms with E-state index < -0.39 is 12.1 Å². The molecule has 2 heterocycles. The Kier molecular flexibility index (Phi) is 6.10. The number of aromatic nitrogens is 1. The molecule has 1 aromatic heterocycles. The number of pyridine rings is 1. The molecule has 1 saturated heterocycles. The average Bonchev–Trinajstić information content (AvgIpc) is 2.76. The van der Waals surface area contributed by atoms with Gasteiger partial charge in [0.15, 0.2) is 0 Å². The van der Waals surface area contributed by atoms with Crippen molar-refractivity contribution in [3.63, 3.8) is 0 Å². The van der Waals surface area contributed by atoms with E-state index in [9.17, 15) is 4.79 Å². The highest BCUT2D eigenvalue weighted by atomic mass is 16.4. The Bertz CT molecular complexity index is 440. The molecule has 112 valence electrons. The van der Waals surface area contributed by atoms with Crippen LogP contribution >= 0.6 is 0 Å². The lowest BCUT2D eigenvalue weighted by molar-refractivity contribution is -0.145. The number of nitrogens with zero attached hydrogens (tertiary/aromatic N) is 2. The summed E-state index contributed by atoms with van der Waals surface area (Å²) in [5, 5.41) is 15.8. The Labute approximate surface area is 120 Å². The summed E-state index contributed by atoms with van der Waals surface area (Å²) < 4.78 is 0. The van der Waals surface area contributed by atoms with Crippen LogP contribution in [0.2, 0.25) is 0 Å². The maximum absolute atomic E-state index is 9.45. The molecule has 2 N–H and O–H groups in total. The predicted octanol–water partition coefficient (Wildman–Crippen LogP) is 1.92. The average molecular weight is 280 g/mol. The molecular weight excluding hydrogens is 256 g/mol. The number of rotatable bonds is 2. The van der Waals surface area contributed by atoms with Crippen LogP contribution in [0.1, 0.15) is 42.6 Å². The standard InChI is InChI=1S/C12H18N2.C3H6O3/c1-9-6-7-13-10(2)12(9)11-5-4-8-14(11)3;1-2(4)3(5)6/h6-7,11H,4-5,8H2,1-3H3;2,4H,1H3,(H,5,6)/t11-;2-/m00/s1. The van der Waals surface area contributed by atoms with E-state index in [1.165, 1.54) is 43.1 Å². The third-order valence-electron chi connectivity index (χ3n) is 3.62. The molecular formula is C15H24N2O3. The zero-order chi connectivity index (χ0) is 15.3. The van der Waals surface area contributed by atoms with Crippen molar-refractivity contribution in [3.05, 3.63) is 29.1 Å². The Balaban J connectivity index is 0.000000286. The van der Waals surface area contributed by atoms with Gasteiger partial charge in [0.1, 0.15) is 6.10 Å².